The zero-order valence-corrected chi connectivity index (χ0v) is 10.4. The predicted octanol–water partition coefficient (Wildman–Crippen LogP) is 1.37. The van der Waals surface area contributed by atoms with Crippen molar-refractivity contribution in [2.24, 2.45) is 0 Å². The van der Waals surface area contributed by atoms with Crippen molar-refractivity contribution in [3.63, 3.8) is 0 Å². The number of benzene rings is 1. The highest BCUT2D eigenvalue weighted by Gasteiger charge is 2.58. The van der Waals surface area contributed by atoms with Crippen LogP contribution in [-0.4, -0.2) is 44.4 Å². The molecule has 1 aromatic rings. The van der Waals surface area contributed by atoms with Crippen molar-refractivity contribution in [1.29, 1.82) is 0 Å². The number of methoxy groups -OCH3 is 1. The zero-order valence-electron chi connectivity index (χ0n) is 10.4. The monoisotopic (exact) mass is 265 g/mol. The first-order valence-electron chi connectivity index (χ1n) is 6.10. The summed E-state index contributed by atoms with van der Waals surface area (Å²) in [6, 6.07) is 9.12. The Labute approximate surface area is 110 Å². The number of anilines is 1. The van der Waals surface area contributed by atoms with Crippen LogP contribution in [0.2, 0.25) is 0 Å². The molecule has 2 heterocycles. The number of hydrogen-bond acceptors (Lipinski definition) is 5. The summed E-state index contributed by atoms with van der Waals surface area (Å²) in [6.45, 7) is 0.152. The lowest BCUT2D eigenvalue weighted by molar-refractivity contribution is -0.166. The van der Waals surface area contributed by atoms with E-state index in [-0.39, 0.29) is 31.2 Å². The molecule has 0 spiro atoms. The third-order valence-electron chi connectivity index (χ3n) is 3.14. The zero-order chi connectivity index (χ0) is 13.2. The molecule has 6 heteroatoms. The number of amides is 1. The molecule has 2 saturated heterocycles. The molecule has 4 atom stereocenters. The molecular weight excluding hydrogens is 250 g/mol. The van der Waals surface area contributed by atoms with Crippen LogP contribution in [0.5, 0.6) is 0 Å². The minimum absolute atomic E-state index is 0.0178. The molecule has 102 valence electrons. The molecule has 3 rings (SSSR count). The molecule has 0 aliphatic carbocycles. The summed E-state index contributed by atoms with van der Waals surface area (Å²) >= 11 is 0. The maximum Gasteiger partial charge on any atom is 0.411 e. The van der Waals surface area contributed by atoms with Gasteiger partial charge in [-0.2, -0.15) is 0 Å². The number of nitrogens with one attached hydrogen (secondary N) is 1. The van der Waals surface area contributed by atoms with Crippen LogP contribution in [0, 0.1) is 0 Å². The van der Waals surface area contributed by atoms with E-state index in [2.05, 4.69) is 5.32 Å². The van der Waals surface area contributed by atoms with Gasteiger partial charge >= 0.3 is 6.09 Å². The molecule has 0 unspecified atom stereocenters. The van der Waals surface area contributed by atoms with Crippen molar-refractivity contribution in [1.82, 2.24) is 0 Å². The minimum atomic E-state index is -0.507. The minimum Gasteiger partial charge on any atom is -0.446 e. The van der Waals surface area contributed by atoms with Crippen molar-refractivity contribution in [3.05, 3.63) is 30.3 Å². The molecule has 2 aliphatic rings. The first-order valence-corrected chi connectivity index (χ1v) is 6.10. The number of rotatable bonds is 4. The molecule has 0 radical (unpaired) electrons. The highest BCUT2D eigenvalue weighted by atomic mass is 16.8. The van der Waals surface area contributed by atoms with Gasteiger partial charge in [0.15, 0.2) is 6.29 Å². The summed E-state index contributed by atoms with van der Waals surface area (Å²) in [5.74, 6) is 0. The standard InChI is InChI=1S/C13H15NO5/c1-16-12-11-10(19-11)9(18-12)7-17-13(15)14-8-5-3-2-4-6-8/h2-6,9-12H,7H2,1H3,(H,14,15)/t9-,10-,11-,12-/m0/s1. The summed E-state index contributed by atoms with van der Waals surface area (Å²) in [5, 5.41) is 2.63. The van der Waals surface area contributed by atoms with Crippen molar-refractivity contribution in [3.8, 4) is 0 Å². The van der Waals surface area contributed by atoms with Crippen LogP contribution >= 0.6 is 0 Å². The molecular formula is C13H15NO5. The highest BCUT2D eigenvalue weighted by molar-refractivity contribution is 5.84. The van der Waals surface area contributed by atoms with Gasteiger partial charge in [-0.25, -0.2) is 4.79 Å². The first-order chi connectivity index (χ1) is 9.28. The Kier molecular flexibility index (Phi) is 3.37. The van der Waals surface area contributed by atoms with Gasteiger partial charge in [0, 0.05) is 12.8 Å². The lowest BCUT2D eigenvalue weighted by Crippen LogP contribution is -2.28. The van der Waals surface area contributed by atoms with Crippen LogP contribution in [0.1, 0.15) is 0 Å². The SMILES string of the molecule is CO[C@H]1O[C@@H](COC(=O)Nc2ccccc2)[C@@H]2O[C@H]12. The first kappa shape index (κ1) is 12.4. The maximum absolute atomic E-state index is 11.6. The fourth-order valence-electron chi connectivity index (χ4n) is 2.14. The Bertz CT molecular complexity index is 452. The summed E-state index contributed by atoms with van der Waals surface area (Å²) in [4.78, 5) is 11.6. The summed E-state index contributed by atoms with van der Waals surface area (Å²) in [5.41, 5.74) is 0.690. The Hall–Kier alpha value is -1.63. The van der Waals surface area contributed by atoms with E-state index >= 15 is 0 Å². The largest absolute Gasteiger partial charge is 0.446 e. The van der Waals surface area contributed by atoms with Crippen LogP contribution in [-0.2, 0) is 18.9 Å². The van der Waals surface area contributed by atoms with E-state index in [9.17, 15) is 4.79 Å². The number of epoxide rings is 1. The van der Waals surface area contributed by atoms with Gasteiger partial charge in [0.2, 0.25) is 0 Å². The Morgan fingerprint density at radius 3 is 2.74 bits per heavy atom. The van der Waals surface area contributed by atoms with Gasteiger partial charge < -0.3 is 18.9 Å². The van der Waals surface area contributed by atoms with Crippen LogP contribution in [0.4, 0.5) is 10.5 Å². The summed E-state index contributed by atoms with van der Waals surface area (Å²) in [6.07, 6.45) is -1.15. The Morgan fingerprint density at radius 2 is 2.05 bits per heavy atom. The van der Waals surface area contributed by atoms with Gasteiger partial charge in [0.25, 0.3) is 0 Å². The van der Waals surface area contributed by atoms with Crippen molar-refractivity contribution < 1.29 is 23.7 Å². The second-order valence-electron chi connectivity index (χ2n) is 4.43. The fraction of sp³-hybridized carbons (Fsp3) is 0.462. The highest BCUT2D eigenvalue weighted by Crippen LogP contribution is 2.39. The quantitative estimate of drug-likeness (QED) is 0.833. The normalized spacial score (nSPS) is 31.6. The lowest BCUT2D eigenvalue weighted by Gasteiger charge is -2.16. The number of carbonyl (C=O) groups excluding carboxylic acids is 1. The van der Waals surface area contributed by atoms with E-state index in [4.69, 9.17) is 18.9 Å². The Morgan fingerprint density at radius 1 is 1.26 bits per heavy atom. The molecule has 0 bridgehead atoms. The number of ether oxygens (including phenoxy) is 4. The van der Waals surface area contributed by atoms with Crippen LogP contribution < -0.4 is 5.32 Å². The molecule has 1 aromatic carbocycles. The van der Waals surface area contributed by atoms with Gasteiger partial charge in [0.05, 0.1) is 0 Å². The Balaban J connectivity index is 1.44. The van der Waals surface area contributed by atoms with Gasteiger partial charge in [-0.1, -0.05) is 18.2 Å². The van der Waals surface area contributed by atoms with Gasteiger partial charge in [-0.05, 0) is 12.1 Å². The van der Waals surface area contributed by atoms with Gasteiger partial charge in [-0.15, -0.1) is 0 Å². The average molecular weight is 265 g/mol. The van der Waals surface area contributed by atoms with E-state index < -0.39 is 6.09 Å². The molecule has 6 nitrogen and oxygen atoms in total. The summed E-state index contributed by atoms with van der Waals surface area (Å²) < 4.78 is 21.1. The maximum atomic E-state index is 11.6. The van der Waals surface area contributed by atoms with Gasteiger partial charge in [0.1, 0.15) is 24.9 Å². The number of para-hydroxylation sites is 1. The molecule has 2 aliphatic heterocycles. The molecule has 0 saturated carbocycles. The third kappa shape index (κ3) is 2.70. The number of carbonyl (C=O) groups is 1. The van der Waals surface area contributed by atoms with Crippen molar-refractivity contribution in [2.75, 3.05) is 19.0 Å². The second-order valence-corrected chi connectivity index (χ2v) is 4.43. The molecule has 19 heavy (non-hydrogen) atoms. The molecule has 1 N–H and O–H groups in total. The summed E-state index contributed by atoms with van der Waals surface area (Å²) in [7, 11) is 1.56. The van der Waals surface area contributed by atoms with Crippen molar-refractivity contribution in [2.45, 2.75) is 24.6 Å². The van der Waals surface area contributed by atoms with E-state index in [1.165, 1.54) is 0 Å². The number of hydrogen-bond donors (Lipinski definition) is 1. The smallest absolute Gasteiger partial charge is 0.411 e. The lowest BCUT2D eigenvalue weighted by atomic mass is 10.2. The molecule has 1 amide bonds. The topological polar surface area (TPSA) is 69.3 Å². The van der Waals surface area contributed by atoms with E-state index in [1.54, 1.807) is 19.2 Å². The van der Waals surface area contributed by atoms with Crippen LogP contribution in [0.25, 0.3) is 0 Å². The predicted molar refractivity (Wildman–Crippen MR) is 65.7 cm³/mol. The van der Waals surface area contributed by atoms with E-state index in [0.717, 1.165) is 0 Å². The van der Waals surface area contributed by atoms with Crippen LogP contribution in [0.15, 0.2) is 30.3 Å². The van der Waals surface area contributed by atoms with E-state index in [1.807, 2.05) is 18.2 Å². The van der Waals surface area contributed by atoms with E-state index in [0.29, 0.717) is 5.69 Å². The molecule has 2 fully saturated rings. The second kappa shape index (κ2) is 5.16. The van der Waals surface area contributed by atoms with Crippen LogP contribution in [0.3, 0.4) is 0 Å². The van der Waals surface area contributed by atoms with Gasteiger partial charge in [-0.3, -0.25) is 5.32 Å². The van der Waals surface area contributed by atoms with Crippen molar-refractivity contribution >= 4 is 11.8 Å². The number of fused-ring (bicyclic) bond motifs is 1. The molecule has 0 aromatic heterocycles. The third-order valence-corrected chi connectivity index (χ3v) is 3.14. The average Bonchev–Trinajstić information content (AvgIpc) is 3.14. The fourth-order valence-corrected chi connectivity index (χ4v) is 2.14.